The first-order valence-electron chi connectivity index (χ1n) is 8.79. The Bertz CT molecular complexity index is 844. The lowest BCUT2D eigenvalue weighted by Gasteiger charge is -2.34. The summed E-state index contributed by atoms with van der Waals surface area (Å²) in [5.41, 5.74) is 8.76. The van der Waals surface area contributed by atoms with E-state index in [2.05, 4.69) is 25.7 Å². The number of nitrogens with zero attached hydrogens (tertiary/aromatic N) is 2. The third-order valence-electron chi connectivity index (χ3n) is 4.91. The number of pyridine rings is 1. The normalized spacial score (nSPS) is 15.9. The van der Waals surface area contributed by atoms with Crippen molar-refractivity contribution in [2.45, 2.75) is 45.8 Å². The maximum atomic E-state index is 11.4. The van der Waals surface area contributed by atoms with E-state index >= 15 is 0 Å². The molecule has 7 heteroatoms. The number of aromatic nitrogens is 1. The van der Waals surface area contributed by atoms with Crippen LogP contribution in [0.15, 0.2) is 0 Å². The third kappa shape index (κ3) is 3.56. The summed E-state index contributed by atoms with van der Waals surface area (Å²) in [5.74, 6) is 0.626. The van der Waals surface area contributed by atoms with Gasteiger partial charge in [-0.15, -0.1) is 11.3 Å². The minimum absolute atomic E-state index is 0.220. The number of ether oxygens (including phenoxy) is 2. The number of carbonyl (C=O) groups is 1. The van der Waals surface area contributed by atoms with E-state index in [1.165, 1.54) is 10.9 Å². The molecule has 26 heavy (non-hydrogen) atoms. The molecule has 0 saturated carbocycles. The molecule has 0 fully saturated rings. The van der Waals surface area contributed by atoms with Crippen molar-refractivity contribution in [3.63, 3.8) is 0 Å². The number of methoxy groups -OCH3 is 1. The van der Waals surface area contributed by atoms with E-state index in [1.807, 2.05) is 7.05 Å². The number of amides is 1. The molecule has 1 aliphatic heterocycles. The van der Waals surface area contributed by atoms with Gasteiger partial charge < -0.3 is 20.1 Å². The van der Waals surface area contributed by atoms with Gasteiger partial charge in [-0.25, -0.2) is 4.98 Å². The van der Waals surface area contributed by atoms with Crippen molar-refractivity contribution in [1.29, 1.82) is 0 Å². The molecule has 3 rings (SSSR count). The predicted molar refractivity (Wildman–Crippen MR) is 105 cm³/mol. The molecule has 2 aromatic rings. The van der Waals surface area contributed by atoms with Gasteiger partial charge in [-0.05, 0) is 31.9 Å². The average molecular weight is 378 g/mol. The number of thiophene rings is 1. The lowest BCUT2D eigenvalue weighted by atomic mass is 9.89. The first kappa shape index (κ1) is 19.1. The molecule has 0 saturated heterocycles. The second-order valence-electron chi connectivity index (χ2n) is 7.51. The van der Waals surface area contributed by atoms with Crippen molar-refractivity contribution in [3.05, 3.63) is 21.6 Å². The van der Waals surface area contributed by atoms with Crippen molar-refractivity contribution in [2.24, 2.45) is 5.73 Å². The summed E-state index contributed by atoms with van der Waals surface area (Å²) in [6.07, 6.45) is 1.08. The molecule has 3 heterocycles. The first-order chi connectivity index (χ1) is 12.2. The number of rotatable bonds is 6. The second-order valence-corrected chi connectivity index (χ2v) is 8.59. The standard InChI is InChI=1S/C19H27N3O3S/c1-11-14(8-15(20)23)26-18-16(11)12-9-19(2,3)25-10-13(12)17(21-18)22(4)6-7-24-5/h6-10H2,1-5H3,(H2,20,23). The van der Waals surface area contributed by atoms with Crippen LogP contribution in [0.4, 0.5) is 5.82 Å². The van der Waals surface area contributed by atoms with Gasteiger partial charge in [0.15, 0.2) is 0 Å². The molecular formula is C19H27N3O3S. The van der Waals surface area contributed by atoms with Crippen molar-refractivity contribution >= 4 is 33.3 Å². The number of primary amides is 1. The smallest absolute Gasteiger partial charge is 0.222 e. The zero-order chi connectivity index (χ0) is 19.1. The highest BCUT2D eigenvalue weighted by Crippen LogP contribution is 2.41. The highest BCUT2D eigenvalue weighted by atomic mass is 32.1. The molecule has 142 valence electrons. The van der Waals surface area contributed by atoms with Crippen molar-refractivity contribution in [1.82, 2.24) is 4.98 Å². The van der Waals surface area contributed by atoms with Gasteiger partial charge in [0.1, 0.15) is 10.6 Å². The number of fused-ring (bicyclic) bond motifs is 3. The number of hydrogen-bond donors (Lipinski definition) is 1. The Morgan fingerprint density at radius 1 is 1.42 bits per heavy atom. The van der Waals surface area contributed by atoms with Crippen LogP contribution in [0.3, 0.4) is 0 Å². The highest BCUT2D eigenvalue weighted by molar-refractivity contribution is 7.19. The molecule has 1 amide bonds. The van der Waals surface area contributed by atoms with Crippen LogP contribution in [0.25, 0.3) is 10.2 Å². The Balaban J connectivity index is 2.19. The number of aryl methyl sites for hydroxylation is 1. The molecule has 2 aromatic heterocycles. The van der Waals surface area contributed by atoms with E-state index in [4.69, 9.17) is 20.2 Å². The first-order valence-corrected chi connectivity index (χ1v) is 9.61. The van der Waals surface area contributed by atoms with Gasteiger partial charge in [0.05, 0.1) is 25.2 Å². The fourth-order valence-electron chi connectivity index (χ4n) is 3.50. The van der Waals surface area contributed by atoms with Crippen LogP contribution in [0.5, 0.6) is 0 Å². The lowest BCUT2D eigenvalue weighted by molar-refractivity contribution is -0.117. The average Bonchev–Trinajstić information content (AvgIpc) is 2.86. The molecule has 0 aliphatic carbocycles. The zero-order valence-electron chi connectivity index (χ0n) is 16.1. The summed E-state index contributed by atoms with van der Waals surface area (Å²) < 4.78 is 11.3. The van der Waals surface area contributed by atoms with E-state index in [0.717, 1.165) is 39.6 Å². The summed E-state index contributed by atoms with van der Waals surface area (Å²) in [7, 11) is 3.72. The summed E-state index contributed by atoms with van der Waals surface area (Å²) in [4.78, 5) is 20.5. The largest absolute Gasteiger partial charge is 0.383 e. The second kappa shape index (κ2) is 7.13. The van der Waals surface area contributed by atoms with Crippen molar-refractivity contribution in [3.8, 4) is 0 Å². The number of likely N-dealkylation sites (N-methyl/N-ethyl adjacent to an activating group) is 1. The summed E-state index contributed by atoms with van der Waals surface area (Å²) in [6.45, 7) is 8.22. The Kier molecular flexibility index (Phi) is 5.23. The van der Waals surface area contributed by atoms with Gasteiger partial charge in [0.2, 0.25) is 5.91 Å². The van der Waals surface area contributed by atoms with E-state index in [-0.39, 0.29) is 17.9 Å². The van der Waals surface area contributed by atoms with E-state index in [1.54, 1.807) is 18.4 Å². The van der Waals surface area contributed by atoms with Crippen molar-refractivity contribution in [2.75, 3.05) is 32.2 Å². The van der Waals surface area contributed by atoms with E-state index in [0.29, 0.717) is 13.2 Å². The molecule has 2 N–H and O–H groups in total. The van der Waals surface area contributed by atoms with Gasteiger partial charge in [0.25, 0.3) is 0 Å². The lowest BCUT2D eigenvalue weighted by Crippen LogP contribution is -2.34. The molecule has 0 radical (unpaired) electrons. The fraction of sp³-hybridized carbons (Fsp3) is 0.579. The maximum Gasteiger partial charge on any atom is 0.222 e. The maximum absolute atomic E-state index is 11.4. The van der Waals surface area contributed by atoms with Crippen LogP contribution < -0.4 is 10.6 Å². The Morgan fingerprint density at radius 2 is 2.15 bits per heavy atom. The molecule has 0 unspecified atom stereocenters. The number of hydrogen-bond acceptors (Lipinski definition) is 6. The van der Waals surface area contributed by atoms with Gasteiger partial charge in [-0.3, -0.25) is 4.79 Å². The number of anilines is 1. The summed E-state index contributed by atoms with van der Waals surface area (Å²) >= 11 is 1.57. The summed E-state index contributed by atoms with van der Waals surface area (Å²) in [6, 6.07) is 0. The molecule has 0 spiro atoms. The van der Waals surface area contributed by atoms with E-state index in [9.17, 15) is 4.79 Å². The molecule has 6 nitrogen and oxygen atoms in total. The Morgan fingerprint density at radius 3 is 2.81 bits per heavy atom. The molecule has 0 atom stereocenters. The zero-order valence-corrected chi connectivity index (χ0v) is 17.0. The SMILES string of the molecule is COCCN(C)c1nc2sc(CC(N)=O)c(C)c2c2c1COC(C)(C)C2. The van der Waals surface area contributed by atoms with Crippen LogP contribution in [0, 0.1) is 6.92 Å². The van der Waals surface area contributed by atoms with Crippen LogP contribution in [0.2, 0.25) is 0 Å². The molecule has 0 bridgehead atoms. The highest BCUT2D eigenvalue weighted by Gasteiger charge is 2.32. The third-order valence-corrected chi connectivity index (χ3v) is 6.09. The van der Waals surface area contributed by atoms with E-state index < -0.39 is 0 Å². The topological polar surface area (TPSA) is 77.7 Å². The van der Waals surface area contributed by atoms with Gasteiger partial charge in [-0.1, -0.05) is 0 Å². The van der Waals surface area contributed by atoms with Crippen LogP contribution in [-0.2, 0) is 33.7 Å². The number of nitrogens with two attached hydrogens (primary N) is 1. The van der Waals surface area contributed by atoms with Gasteiger partial charge in [-0.2, -0.15) is 0 Å². The predicted octanol–water partition coefficient (Wildman–Crippen LogP) is 2.57. The number of carbonyl (C=O) groups excluding carboxylic acids is 1. The quantitative estimate of drug-likeness (QED) is 0.837. The van der Waals surface area contributed by atoms with Crippen LogP contribution in [-0.4, -0.2) is 43.8 Å². The Labute approximate surface area is 158 Å². The molecular weight excluding hydrogens is 350 g/mol. The Hall–Kier alpha value is -1.70. The summed E-state index contributed by atoms with van der Waals surface area (Å²) in [5, 5.41) is 1.17. The molecule has 1 aliphatic rings. The minimum Gasteiger partial charge on any atom is -0.383 e. The van der Waals surface area contributed by atoms with Crippen LogP contribution >= 0.6 is 11.3 Å². The minimum atomic E-state index is -0.311. The fourth-order valence-corrected chi connectivity index (χ4v) is 4.71. The van der Waals surface area contributed by atoms with Crippen LogP contribution in [0.1, 0.15) is 35.4 Å². The monoisotopic (exact) mass is 377 g/mol. The van der Waals surface area contributed by atoms with Gasteiger partial charge in [0, 0.05) is 42.9 Å². The van der Waals surface area contributed by atoms with Crippen molar-refractivity contribution < 1.29 is 14.3 Å². The van der Waals surface area contributed by atoms with Gasteiger partial charge >= 0.3 is 0 Å². The molecule has 0 aromatic carbocycles.